The molecule has 1 fully saturated rings. The van der Waals surface area contributed by atoms with Crippen molar-refractivity contribution in [3.63, 3.8) is 0 Å². The third-order valence-electron chi connectivity index (χ3n) is 4.88. The molecule has 2 aromatic carbocycles. The van der Waals surface area contributed by atoms with E-state index in [2.05, 4.69) is 27.4 Å². The Morgan fingerprint density at radius 3 is 2.81 bits per heavy atom. The molecule has 1 saturated carbocycles. The van der Waals surface area contributed by atoms with Gasteiger partial charge in [0.15, 0.2) is 0 Å². The smallest absolute Gasteiger partial charge is 0.150 e. The van der Waals surface area contributed by atoms with Crippen molar-refractivity contribution < 1.29 is 0 Å². The maximum Gasteiger partial charge on any atom is 0.150 e. The van der Waals surface area contributed by atoms with Crippen LogP contribution in [-0.4, -0.2) is 20.4 Å². The van der Waals surface area contributed by atoms with E-state index >= 15 is 0 Å². The van der Waals surface area contributed by atoms with Crippen LogP contribution in [0, 0.1) is 6.92 Å². The highest BCUT2D eigenvalue weighted by Gasteiger charge is 2.21. The van der Waals surface area contributed by atoms with E-state index in [0.29, 0.717) is 16.9 Å². The largest absolute Gasteiger partial charge is 0.382 e. The molecule has 4 aromatic rings. The Bertz CT molecular complexity index is 1140. The summed E-state index contributed by atoms with van der Waals surface area (Å²) >= 11 is 6.49. The van der Waals surface area contributed by atoms with Gasteiger partial charge in [-0.15, -0.1) is 0 Å². The van der Waals surface area contributed by atoms with E-state index in [4.69, 9.17) is 17.3 Å². The van der Waals surface area contributed by atoms with Crippen LogP contribution in [0.25, 0.3) is 27.9 Å². The van der Waals surface area contributed by atoms with Crippen molar-refractivity contribution in [2.24, 2.45) is 0 Å². The minimum Gasteiger partial charge on any atom is -0.382 e. The standard InChI is InChI=1S/C20H18ClN5/c1-11-3-2-4-14(21)18(11)20-23-10-17-19(22)25-15-9-13(24-12-5-6-12)7-8-16(15)26(17)20/h2-4,7-10,12,24H,5-6H2,1H3,(H2,22,25). The molecule has 0 bridgehead atoms. The molecule has 2 aromatic heterocycles. The summed E-state index contributed by atoms with van der Waals surface area (Å²) in [5.41, 5.74) is 11.9. The Hall–Kier alpha value is -2.79. The van der Waals surface area contributed by atoms with E-state index in [1.165, 1.54) is 12.8 Å². The van der Waals surface area contributed by atoms with Gasteiger partial charge in [-0.25, -0.2) is 9.97 Å². The Balaban J connectivity index is 1.80. The van der Waals surface area contributed by atoms with Crippen molar-refractivity contribution in [3.8, 4) is 11.4 Å². The number of hydrogen-bond acceptors (Lipinski definition) is 4. The number of nitrogen functional groups attached to an aromatic ring is 1. The predicted octanol–water partition coefficient (Wildman–Crippen LogP) is 4.67. The quantitative estimate of drug-likeness (QED) is 0.555. The van der Waals surface area contributed by atoms with Gasteiger partial charge in [0.25, 0.3) is 0 Å². The SMILES string of the molecule is Cc1cccc(Cl)c1-c1ncc2c(N)nc3cc(NC4CC4)ccc3n12. The van der Waals surface area contributed by atoms with Crippen LogP contribution in [0.4, 0.5) is 11.5 Å². The minimum absolute atomic E-state index is 0.463. The van der Waals surface area contributed by atoms with Crippen LogP contribution in [0.1, 0.15) is 18.4 Å². The Labute approximate surface area is 155 Å². The fourth-order valence-corrected chi connectivity index (χ4v) is 3.72. The van der Waals surface area contributed by atoms with Crippen molar-refractivity contribution in [2.45, 2.75) is 25.8 Å². The van der Waals surface area contributed by atoms with Crippen molar-refractivity contribution in [2.75, 3.05) is 11.1 Å². The summed E-state index contributed by atoms with van der Waals surface area (Å²) in [4.78, 5) is 9.21. The van der Waals surface area contributed by atoms with Crippen LogP contribution in [0.2, 0.25) is 5.02 Å². The molecule has 0 atom stereocenters. The lowest BCUT2D eigenvalue weighted by molar-refractivity contribution is 1.15. The number of hydrogen-bond donors (Lipinski definition) is 2. The molecule has 2 heterocycles. The molecule has 130 valence electrons. The van der Waals surface area contributed by atoms with Gasteiger partial charge in [-0.3, -0.25) is 4.40 Å². The maximum atomic E-state index is 6.49. The summed E-state index contributed by atoms with van der Waals surface area (Å²) in [5, 5.41) is 4.18. The molecule has 0 unspecified atom stereocenters. The summed E-state index contributed by atoms with van der Waals surface area (Å²) in [6, 6.07) is 12.6. The average Bonchev–Trinajstić information content (AvgIpc) is 3.31. The van der Waals surface area contributed by atoms with E-state index in [1.54, 1.807) is 6.20 Å². The highest BCUT2D eigenvalue weighted by atomic mass is 35.5. The molecule has 0 aliphatic heterocycles. The molecule has 0 saturated heterocycles. The average molecular weight is 364 g/mol. The highest BCUT2D eigenvalue weighted by molar-refractivity contribution is 6.33. The first-order valence-electron chi connectivity index (χ1n) is 8.70. The first kappa shape index (κ1) is 15.5. The first-order valence-corrected chi connectivity index (χ1v) is 9.08. The number of fused-ring (bicyclic) bond motifs is 3. The molecular formula is C20H18ClN5. The number of aryl methyl sites for hydroxylation is 1. The Morgan fingerprint density at radius 1 is 1.19 bits per heavy atom. The summed E-state index contributed by atoms with van der Waals surface area (Å²) in [5.74, 6) is 1.25. The zero-order valence-corrected chi connectivity index (χ0v) is 15.1. The van der Waals surface area contributed by atoms with E-state index in [-0.39, 0.29) is 0 Å². The first-order chi connectivity index (χ1) is 12.6. The van der Waals surface area contributed by atoms with Crippen molar-refractivity contribution in [1.82, 2.24) is 14.4 Å². The molecule has 0 amide bonds. The van der Waals surface area contributed by atoms with Crippen LogP contribution in [-0.2, 0) is 0 Å². The fourth-order valence-electron chi connectivity index (χ4n) is 3.41. The van der Waals surface area contributed by atoms with Gasteiger partial charge in [-0.05, 0) is 49.6 Å². The molecule has 26 heavy (non-hydrogen) atoms. The molecule has 5 nitrogen and oxygen atoms in total. The molecule has 6 heteroatoms. The van der Waals surface area contributed by atoms with Crippen LogP contribution in [0.3, 0.4) is 0 Å². The third kappa shape index (κ3) is 2.39. The summed E-state index contributed by atoms with van der Waals surface area (Å²) in [7, 11) is 0. The monoisotopic (exact) mass is 363 g/mol. The summed E-state index contributed by atoms with van der Waals surface area (Å²) in [6.45, 7) is 2.03. The van der Waals surface area contributed by atoms with Crippen LogP contribution in [0.15, 0.2) is 42.6 Å². The summed E-state index contributed by atoms with van der Waals surface area (Å²) in [6.07, 6.45) is 4.21. The Morgan fingerprint density at radius 2 is 2.04 bits per heavy atom. The molecule has 3 N–H and O–H groups in total. The molecule has 1 aliphatic carbocycles. The molecule has 0 radical (unpaired) electrons. The number of imidazole rings is 1. The highest BCUT2D eigenvalue weighted by Crippen LogP contribution is 2.34. The van der Waals surface area contributed by atoms with Gasteiger partial charge < -0.3 is 11.1 Å². The van der Waals surface area contributed by atoms with E-state index in [1.807, 2.05) is 35.6 Å². The number of anilines is 2. The van der Waals surface area contributed by atoms with Gasteiger partial charge in [-0.1, -0.05) is 23.7 Å². The van der Waals surface area contributed by atoms with Gasteiger partial charge in [0.2, 0.25) is 0 Å². The normalized spacial score (nSPS) is 14.2. The van der Waals surface area contributed by atoms with Gasteiger partial charge in [0, 0.05) is 17.3 Å². The zero-order chi connectivity index (χ0) is 17.8. The second kappa shape index (κ2) is 5.61. The topological polar surface area (TPSA) is 68.2 Å². The number of rotatable bonds is 3. The molecule has 1 aliphatic rings. The maximum absolute atomic E-state index is 6.49. The van der Waals surface area contributed by atoms with Gasteiger partial charge in [0.05, 0.1) is 22.3 Å². The van der Waals surface area contributed by atoms with Crippen molar-refractivity contribution in [3.05, 3.63) is 53.2 Å². The van der Waals surface area contributed by atoms with Crippen molar-refractivity contribution in [1.29, 1.82) is 0 Å². The number of nitrogens with zero attached hydrogens (tertiary/aromatic N) is 3. The lowest BCUT2D eigenvalue weighted by Crippen LogP contribution is -2.03. The van der Waals surface area contributed by atoms with Crippen LogP contribution >= 0.6 is 11.6 Å². The fraction of sp³-hybridized carbons (Fsp3) is 0.200. The minimum atomic E-state index is 0.463. The lowest BCUT2D eigenvalue weighted by atomic mass is 10.1. The molecule has 0 spiro atoms. The number of halogens is 1. The second-order valence-corrected chi connectivity index (χ2v) is 7.26. The lowest BCUT2D eigenvalue weighted by Gasteiger charge is -2.12. The number of nitrogens with two attached hydrogens (primary N) is 1. The number of aromatic nitrogens is 3. The molecular weight excluding hydrogens is 346 g/mol. The van der Waals surface area contributed by atoms with Crippen molar-refractivity contribution >= 4 is 39.7 Å². The van der Waals surface area contributed by atoms with Gasteiger partial charge >= 0.3 is 0 Å². The summed E-state index contributed by atoms with van der Waals surface area (Å²) < 4.78 is 2.05. The van der Waals surface area contributed by atoms with Gasteiger partial charge in [0.1, 0.15) is 17.2 Å². The van der Waals surface area contributed by atoms with Gasteiger partial charge in [-0.2, -0.15) is 0 Å². The molecule has 5 rings (SSSR count). The Kier molecular flexibility index (Phi) is 3.34. The van der Waals surface area contributed by atoms with Crippen LogP contribution in [0.5, 0.6) is 0 Å². The van der Waals surface area contributed by atoms with E-state index in [0.717, 1.165) is 39.2 Å². The number of benzene rings is 2. The third-order valence-corrected chi connectivity index (χ3v) is 5.19. The van der Waals surface area contributed by atoms with E-state index in [9.17, 15) is 0 Å². The van der Waals surface area contributed by atoms with Crippen LogP contribution < -0.4 is 11.1 Å². The zero-order valence-electron chi connectivity index (χ0n) is 14.3. The predicted molar refractivity (Wildman–Crippen MR) is 107 cm³/mol. The second-order valence-electron chi connectivity index (χ2n) is 6.85. The van der Waals surface area contributed by atoms with E-state index < -0.39 is 0 Å². The number of nitrogens with one attached hydrogen (secondary N) is 1.